The molecular formula is C21H22Cl2N2O5S. The molecule has 10 heteroatoms. The van der Waals surface area contributed by atoms with Crippen molar-refractivity contribution >= 4 is 50.8 Å². The molecule has 1 aliphatic rings. The van der Waals surface area contributed by atoms with Gasteiger partial charge in [0.15, 0.2) is 6.61 Å². The second-order valence-electron chi connectivity index (χ2n) is 7.49. The first-order chi connectivity index (χ1) is 14.5. The lowest BCUT2D eigenvalue weighted by Gasteiger charge is -2.21. The number of rotatable bonds is 6. The number of halogens is 2. The fourth-order valence-corrected chi connectivity index (χ4v) is 5.17. The Labute approximate surface area is 191 Å². The highest BCUT2D eigenvalue weighted by Gasteiger charge is 2.33. The Kier molecular flexibility index (Phi) is 6.83. The molecule has 1 amide bonds. The first-order valence-corrected chi connectivity index (χ1v) is 12.1. The number of carbonyl (C=O) groups is 2. The molecule has 0 bridgehead atoms. The number of carbonyl (C=O) groups excluding carboxylic acids is 2. The van der Waals surface area contributed by atoms with Crippen LogP contribution < -0.4 is 9.62 Å². The third kappa shape index (κ3) is 5.31. The van der Waals surface area contributed by atoms with Gasteiger partial charge >= 0.3 is 5.97 Å². The summed E-state index contributed by atoms with van der Waals surface area (Å²) < 4.78 is 30.5. The van der Waals surface area contributed by atoms with E-state index in [9.17, 15) is 18.0 Å². The first-order valence-electron chi connectivity index (χ1n) is 9.51. The van der Waals surface area contributed by atoms with Gasteiger partial charge in [-0.1, -0.05) is 29.3 Å². The van der Waals surface area contributed by atoms with Crippen LogP contribution in [-0.2, 0) is 26.0 Å². The molecule has 2 aromatic rings. The Hall–Kier alpha value is -2.29. The smallest absolute Gasteiger partial charge is 0.338 e. The number of amides is 1. The predicted molar refractivity (Wildman–Crippen MR) is 120 cm³/mol. The first kappa shape index (κ1) is 23.4. The van der Waals surface area contributed by atoms with Crippen LogP contribution in [0.2, 0.25) is 10.0 Å². The van der Waals surface area contributed by atoms with E-state index in [4.69, 9.17) is 27.9 Å². The van der Waals surface area contributed by atoms with E-state index in [-0.39, 0.29) is 17.6 Å². The van der Waals surface area contributed by atoms with E-state index in [1.807, 2.05) is 0 Å². The lowest BCUT2D eigenvalue weighted by Crippen LogP contribution is -2.34. The standard InChI is InChI=1S/C21H22Cl2N2O5S/c1-12-8-16-9-15(5-7-19(16)25(12)31(3,28)29)21(27)30-11-20(26)24-13(2)14-4-6-17(22)18(23)10-14/h4-7,9-10,12-13H,8,11H2,1-3H3,(H,24,26). The van der Waals surface area contributed by atoms with Gasteiger partial charge in [-0.3, -0.25) is 9.10 Å². The van der Waals surface area contributed by atoms with Crippen LogP contribution in [0.25, 0.3) is 0 Å². The van der Waals surface area contributed by atoms with E-state index in [0.717, 1.165) is 17.4 Å². The summed E-state index contributed by atoms with van der Waals surface area (Å²) in [6, 6.07) is 9.14. The summed E-state index contributed by atoms with van der Waals surface area (Å²) in [5.41, 5.74) is 2.31. The van der Waals surface area contributed by atoms with Crippen LogP contribution in [0.5, 0.6) is 0 Å². The minimum absolute atomic E-state index is 0.232. The summed E-state index contributed by atoms with van der Waals surface area (Å²) >= 11 is 11.9. The van der Waals surface area contributed by atoms with Crippen LogP contribution >= 0.6 is 23.2 Å². The number of sulfonamides is 1. The van der Waals surface area contributed by atoms with Gasteiger partial charge in [-0.2, -0.15) is 0 Å². The minimum atomic E-state index is -3.41. The fraction of sp³-hybridized carbons (Fsp3) is 0.333. The van der Waals surface area contributed by atoms with Crippen molar-refractivity contribution in [2.75, 3.05) is 17.2 Å². The van der Waals surface area contributed by atoms with E-state index in [2.05, 4.69) is 5.32 Å². The van der Waals surface area contributed by atoms with Gasteiger partial charge in [0.2, 0.25) is 10.0 Å². The summed E-state index contributed by atoms with van der Waals surface area (Å²) in [5.74, 6) is -1.13. The topological polar surface area (TPSA) is 92.8 Å². The largest absolute Gasteiger partial charge is 0.452 e. The van der Waals surface area contributed by atoms with Crippen molar-refractivity contribution in [1.82, 2.24) is 5.32 Å². The summed E-state index contributed by atoms with van der Waals surface area (Å²) in [4.78, 5) is 24.6. The highest BCUT2D eigenvalue weighted by atomic mass is 35.5. The zero-order chi connectivity index (χ0) is 22.9. The third-order valence-electron chi connectivity index (χ3n) is 4.98. The van der Waals surface area contributed by atoms with Crippen LogP contribution in [0.1, 0.15) is 41.4 Å². The molecule has 1 heterocycles. The number of nitrogens with zero attached hydrogens (tertiary/aromatic N) is 1. The molecule has 7 nitrogen and oxygen atoms in total. The number of ether oxygens (including phenoxy) is 1. The molecule has 31 heavy (non-hydrogen) atoms. The monoisotopic (exact) mass is 484 g/mol. The zero-order valence-electron chi connectivity index (χ0n) is 17.2. The molecule has 2 unspecified atom stereocenters. The molecule has 0 fully saturated rings. The van der Waals surface area contributed by atoms with Crippen molar-refractivity contribution in [3.05, 3.63) is 63.1 Å². The minimum Gasteiger partial charge on any atom is -0.452 e. The maximum Gasteiger partial charge on any atom is 0.338 e. The highest BCUT2D eigenvalue weighted by Crippen LogP contribution is 2.34. The number of esters is 1. The molecule has 0 aromatic heterocycles. The molecule has 1 N–H and O–H groups in total. The van der Waals surface area contributed by atoms with E-state index in [1.54, 1.807) is 44.2 Å². The van der Waals surface area contributed by atoms with Crippen molar-refractivity contribution in [3.8, 4) is 0 Å². The molecule has 166 valence electrons. The summed E-state index contributed by atoms with van der Waals surface area (Å²) in [6.45, 7) is 3.13. The van der Waals surface area contributed by atoms with Gasteiger partial charge in [0.25, 0.3) is 5.91 Å². The Bertz CT molecular complexity index is 1140. The van der Waals surface area contributed by atoms with Crippen LogP contribution in [0.3, 0.4) is 0 Å². The van der Waals surface area contributed by atoms with Crippen molar-refractivity contribution in [1.29, 1.82) is 0 Å². The second-order valence-corrected chi connectivity index (χ2v) is 10.2. The van der Waals surface area contributed by atoms with Crippen LogP contribution in [0.4, 0.5) is 5.69 Å². The Morgan fingerprint density at radius 1 is 1.19 bits per heavy atom. The quantitative estimate of drug-likeness (QED) is 0.630. The van der Waals surface area contributed by atoms with E-state index >= 15 is 0 Å². The lowest BCUT2D eigenvalue weighted by atomic mass is 10.1. The molecule has 0 radical (unpaired) electrons. The van der Waals surface area contributed by atoms with Gasteiger partial charge < -0.3 is 10.1 Å². The lowest BCUT2D eigenvalue weighted by molar-refractivity contribution is -0.124. The summed E-state index contributed by atoms with van der Waals surface area (Å²) in [5, 5.41) is 3.53. The zero-order valence-corrected chi connectivity index (χ0v) is 19.5. The second kappa shape index (κ2) is 9.06. The van der Waals surface area contributed by atoms with Crippen LogP contribution in [0, 0.1) is 0 Å². The number of benzene rings is 2. The molecular weight excluding hydrogens is 463 g/mol. The van der Waals surface area contributed by atoms with Crippen molar-refractivity contribution in [3.63, 3.8) is 0 Å². The average Bonchev–Trinajstić information content (AvgIpc) is 3.03. The number of hydrogen-bond acceptors (Lipinski definition) is 5. The maximum absolute atomic E-state index is 12.4. The van der Waals surface area contributed by atoms with Crippen molar-refractivity contribution in [2.45, 2.75) is 32.4 Å². The molecule has 2 atom stereocenters. The van der Waals surface area contributed by atoms with Gasteiger partial charge in [-0.25, -0.2) is 13.2 Å². The number of fused-ring (bicyclic) bond motifs is 1. The molecule has 0 spiro atoms. The number of anilines is 1. The van der Waals surface area contributed by atoms with E-state index in [0.29, 0.717) is 22.2 Å². The molecule has 0 saturated carbocycles. The highest BCUT2D eigenvalue weighted by molar-refractivity contribution is 7.92. The van der Waals surface area contributed by atoms with Gasteiger partial charge in [0.1, 0.15) is 0 Å². The third-order valence-corrected chi connectivity index (χ3v) is 6.99. The molecule has 1 aliphatic heterocycles. The Morgan fingerprint density at radius 3 is 2.55 bits per heavy atom. The SMILES string of the molecule is CC(NC(=O)COC(=O)c1ccc2c(c1)CC(C)N2S(C)(=O)=O)c1ccc(Cl)c(Cl)c1. The molecule has 0 saturated heterocycles. The Balaban J connectivity index is 1.60. The number of hydrogen-bond donors (Lipinski definition) is 1. The van der Waals surface area contributed by atoms with Crippen LogP contribution in [0.15, 0.2) is 36.4 Å². The van der Waals surface area contributed by atoms with Crippen molar-refractivity contribution in [2.24, 2.45) is 0 Å². The fourth-order valence-electron chi connectivity index (χ4n) is 3.60. The van der Waals surface area contributed by atoms with Gasteiger partial charge in [-0.15, -0.1) is 0 Å². The molecule has 2 aromatic carbocycles. The summed E-state index contributed by atoms with van der Waals surface area (Å²) in [6.07, 6.45) is 1.64. The Morgan fingerprint density at radius 2 is 1.90 bits per heavy atom. The predicted octanol–water partition coefficient (Wildman–Crippen LogP) is 3.74. The number of nitrogens with one attached hydrogen (secondary N) is 1. The normalized spacial score (nSPS) is 16.5. The van der Waals surface area contributed by atoms with Gasteiger partial charge in [0.05, 0.1) is 33.6 Å². The summed E-state index contributed by atoms with van der Waals surface area (Å²) in [7, 11) is -3.41. The van der Waals surface area contributed by atoms with Gasteiger partial charge in [-0.05, 0) is 61.7 Å². The van der Waals surface area contributed by atoms with E-state index < -0.39 is 28.5 Å². The molecule has 0 aliphatic carbocycles. The maximum atomic E-state index is 12.4. The van der Waals surface area contributed by atoms with Crippen molar-refractivity contribution < 1.29 is 22.7 Å². The molecule has 3 rings (SSSR count). The van der Waals surface area contributed by atoms with Crippen LogP contribution in [-0.4, -0.2) is 39.2 Å². The van der Waals surface area contributed by atoms with E-state index in [1.165, 1.54) is 10.4 Å². The average molecular weight is 485 g/mol. The van der Waals surface area contributed by atoms with Gasteiger partial charge in [0, 0.05) is 6.04 Å².